The van der Waals surface area contributed by atoms with Crippen LogP contribution in [0.1, 0.15) is 409 Å². The number of hydrogen-bond donors (Lipinski definition) is 3. The first-order valence-corrected chi connectivity index (χ1v) is 44.2. The van der Waals surface area contributed by atoms with Crippen LogP contribution in [0.25, 0.3) is 0 Å². The minimum atomic E-state index is -4.96. The second kappa shape index (κ2) is 69.1. The van der Waals surface area contributed by atoms with E-state index in [-0.39, 0.29) is 25.7 Å². The van der Waals surface area contributed by atoms with Gasteiger partial charge in [0.1, 0.15) is 19.3 Å². The summed E-state index contributed by atoms with van der Waals surface area (Å²) in [5.74, 6) is 0.980. The zero-order valence-electron chi connectivity index (χ0n) is 65.1. The Bertz CT molecular complexity index is 1940. The van der Waals surface area contributed by atoms with Crippen molar-refractivity contribution in [1.82, 2.24) is 0 Å². The van der Waals surface area contributed by atoms with Crippen molar-refractivity contribution in [2.45, 2.75) is 427 Å². The molecule has 0 aliphatic carbocycles. The third-order valence-electron chi connectivity index (χ3n) is 18.9. The zero-order chi connectivity index (χ0) is 73.1. The number of aliphatic hydroxyl groups is 1. The van der Waals surface area contributed by atoms with Crippen LogP contribution in [0.5, 0.6) is 0 Å². The van der Waals surface area contributed by atoms with Gasteiger partial charge in [0.2, 0.25) is 0 Å². The number of phosphoric ester groups is 2. The van der Waals surface area contributed by atoms with Crippen molar-refractivity contribution >= 4 is 39.5 Å². The molecule has 99 heavy (non-hydrogen) atoms. The van der Waals surface area contributed by atoms with Gasteiger partial charge in [0, 0.05) is 25.7 Å². The summed E-state index contributed by atoms with van der Waals surface area (Å²) < 4.78 is 68.7. The number of unbranched alkanes of at least 4 members (excludes halogenated alkanes) is 42. The number of carbonyl (C=O) groups is 4. The van der Waals surface area contributed by atoms with Gasteiger partial charge in [0.05, 0.1) is 26.4 Å². The van der Waals surface area contributed by atoms with Crippen LogP contribution >= 0.6 is 15.6 Å². The molecule has 0 aromatic heterocycles. The average molecular weight is 1450 g/mol. The molecular formula is C80H156O17P2. The molecule has 0 heterocycles. The van der Waals surface area contributed by atoms with Crippen molar-refractivity contribution in [3.63, 3.8) is 0 Å². The normalized spacial score (nSPS) is 14.3. The first-order valence-electron chi connectivity index (χ1n) is 41.2. The van der Waals surface area contributed by atoms with Crippen LogP contribution in [0.3, 0.4) is 0 Å². The van der Waals surface area contributed by atoms with E-state index in [1.807, 2.05) is 0 Å². The summed E-state index contributed by atoms with van der Waals surface area (Å²) in [5.41, 5.74) is 0. The van der Waals surface area contributed by atoms with Gasteiger partial charge >= 0.3 is 39.5 Å². The summed E-state index contributed by atoms with van der Waals surface area (Å²) in [6.45, 7) is 14.2. The third-order valence-corrected chi connectivity index (χ3v) is 20.8. The maximum atomic E-state index is 13.1. The lowest BCUT2D eigenvalue weighted by molar-refractivity contribution is -0.161. The fourth-order valence-corrected chi connectivity index (χ4v) is 13.8. The molecule has 3 N–H and O–H groups in total. The van der Waals surface area contributed by atoms with E-state index in [0.29, 0.717) is 25.7 Å². The topological polar surface area (TPSA) is 237 Å². The molecule has 6 atom stereocenters. The first kappa shape index (κ1) is 97.1. The van der Waals surface area contributed by atoms with Gasteiger partial charge in [0.15, 0.2) is 12.2 Å². The van der Waals surface area contributed by atoms with Crippen molar-refractivity contribution in [3.05, 3.63) is 0 Å². The van der Waals surface area contributed by atoms with Crippen LogP contribution in [0.15, 0.2) is 0 Å². The molecule has 0 fully saturated rings. The first-order chi connectivity index (χ1) is 47.6. The fourth-order valence-electron chi connectivity index (χ4n) is 12.2. The van der Waals surface area contributed by atoms with Gasteiger partial charge in [-0.15, -0.1) is 0 Å². The molecule has 0 saturated heterocycles. The highest BCUT2D eigenvalue weighted by atomic mass is 31.2. The van der Waals surface area contributed by atoms with Crippen LogP contribution in [0.4, 0.5) is 0 Å². The smallest absolute Gasteiger partial charge is 0.462 e. The predicted octanol–water partition coefficient (Wildman–Crippen LogP) is 23.6. The number of aliphatic hydroxyl groups excluding tert-OH is 1. The van der Waals surface area contributed by atoms with Crippen molar-refractivity contribution in [1.29, 1.82) is 0 Å². The maximum Gasteiger partial charge on any atom is 0.472 e. The van der Waals surface area contributed by atoms with E-state index >= 15 is 0 Å². The Morgan fingerprint density at radius 3 is 0.717 bits per heavy atom. The standard InChI is InChI=1S/C80H156O17P2/c1-9-73(8)59-51-43-35-29-31-39-47-55-63-80(85)97-76(67-91-78(83)61-53-45-37-30-28-34-42-50-58-72(6)7)69-95-99(88,89)93-65-74(81)64-92-98(86,87)94-68-75(66-90-77(82)60-52-44-36-26-22-19-18-21-25-33-41-49-57-71(4)5)96-79(84)62-54-46-38-27-23-17-15-13-11-10-12-14-16-20-24-32-40-48-56-70(2)3/h70-76,81H,9-69H2,1-8H3,(H,86,87)(H,88,89)/t73?,74?,75-,76-/m1/s1. The second-order valence-electron chi connectivity index (χ2n) is 30.5. The largest absolute Gasteiger partial charge is 0.472 e. The van der Waals surface area contributed by atoms with Gasteiger partial charge in [-0.3, -0.25) is 37.3 Å². The lowest BCUT2D eigenvalue weighted by atomic mass is 9.99. The predicted molar refractivity (Wildman–Crippen MR) is 404 cm³/mol. The molecule has 0 aliphatic rings. The van der Waals surface area contributed by atoms with E-state index in [9.17, 15) is 43.2 Å². The summed E-state index contributed by atoms with van der Waals surface area (Å²) in [6.07, 6.45) is 55.6. The van der Waals surface area contributed by atoms with E-state index in [1.165, 1.54) is 212 Å². The molecule has 0 bridgehead atoms. The molecule has 4 unspecified atom stereocenters. The number of phosphoric acid groups is 2. The monoisotopic (exact) mass is 1450 g/mol. The van der Waals surface area contributed by atoms with Crippen LogP contribution in [-0.4, -0.2) is 96.7 Å². The Morgan fingerprint density at radius 2 is 0.485 bits per heavy atom. The van der Waals surface area contributed by atoms with Crippen molar-refractivity contribution in [3.8, 4) is 0 Å². The number of esters is 4. The van der Waals surface area contributed by atoms with Crippen molar-refractivity contribution < 1.29 is 80.2 Å². The van der Waals surface area contributed by atoms with Crippen LogP contribution in [-0.2, 0) is 65.4 Å². The molecule has 0 rings (SSSR count). The van der Waals surface area contributed by atoms with E-state index in [4.69, 9.17) is 37.0 Å². The van der Waals surface area contributed by atoms with Crippen LogP contribution in [0.2, 0.25) is 0 Å². The molecule has 19 heteroatoms. The molecule has 0 aromatic rings. The number of ether oxygens (including phenoxy) is 4. The van der Waals surface area contributed by atoms with Gasteiger partial charge in [0.25, 0.3) is 0 Å². The summed E-state index contributed by atoms with van der Waals surface area (Å²) in [7, 11) is -9.92. The summed E-state index contributed by atoms with van der Waals surface area (Å²) >= 11 is 0. The molecule has 17 nitrogen and oxygen atoms in total. The quantitative estimate of drug-likeness (QED) is 0.0222. The fraction of sp³-hybridized carbons (Fsp3) is 0.950. The number of rotatable bonds is 77. The molecule has 0 aliphatic heterocycles. The Hall–Kier alpha value is -1.94. The highest BCUT2D eigenvalue weighted by Crippen LogP contribution is 2.45. The van der Waals surface area contributed by atoms with Gasteiger partial charge in [-0.1, -0.05) is 357 Å². The Kier molecular flexibility index (Phi) is 67.8. The van der Waals surface area contributed by atoms with Crippen molar-refractivity contribution in [2.75, 3.05) is 39.6 Å². The minimum absolute atomic E-state index is 0.104. The summed E-state index contributed by atoms with van der Waals surface area (Å²) in [6, 6.07) is 0. The van der Waals surface area contributed by atoms with Crippen LogP contribution < -0.4 is 0 Å². The van der Waals surface area contributed by atoms with E-state index < -0.39 is 97.5 Å². The lowest BCUT2D eigenvalue weighted by Gasteiger charge is -2.21. The SMILES string of the molecule is CCC(C)CCCCCCCCCCC(=O)O[C@H](COC(=O)CCCCCCCCCCC(C)C)COP(=O)(O)OCC(O)COP(=O)(O)OC[C@@H](COC(=O)CCCCCCCCCCCCCCC(C)C)OC(=O)CCCCCCCCCCCCCCCCCCCCC(C)C. The zero-order valence-corrected chi connectivity index (χ0v) is 66.9. The van der Waals surface area contributed by atoms with Crippen molar-refractivity contribution in [2.24, 2.45) is 23.7 Å². The van der Waals surface area contributed by atoms with E-state index in [0.717, 1.165) is 114 Å². The molecule has 0 radical (unpaired) electrons. The minimum Gasteiger partial charge on any atom is -0.462 e. The van der Waals surface area contributed by atoms with Gasteiger partial charge in [-0.05, 0) is 49.4 Å². The van der Waals surface area contributed by atoms with Gasteiger partial charge in [-0.2, -0.15) is 0 Å². The second-order valence-corrected chi connectivity index (χ2v) is 33.4. The Morgan fingerprint density at radius 1 is 0.283 bits per heavy atom. The van der Waals surface area contributed by atoms with Gasteiger partial charge in [-0.25, -0.2) is 9.13 Å². The lowest BCUT2D eigenvalue weighted by Crippen LogP contribution is -2.30. The summed E-state index contributed by atoms with van der Waals surface area (Å²) in [4.78, 5) is 73.0. The highest BCUT2D eigenvalue weighted by Gasteiger charge is 2.30. The highest BCUT2D eigenvalue weighted by molar-refractivity contribution is 7.47. The molecular weight excluding hydrogens is 1290 g/mol. The molecule has 0 saturated carbocycles. The van der Waals surface area contributed by atoms with Gasteiger partial charge < -0.3 is 33.8 Å². The molecule has 0 aromatic carbocycles. The summed E-state index contributed by atoms with van der Waals surface area (Å²) in [5, 5.41) is 10.6. The molecule has 0 spiro atoms. The number of hydrogen-bond acceptors (Lipinski definition) is 15. The third kappa shape index (κ3) is 72.8. The average Bonchev–Trinajstić information content (AvgIpc) is 1.16. The number of carbonyl (C=O) groups excluding carboxylic acids is 4. The van der Waals surface area contributed by atoms with E-state index in [1.54, 1.807) is 0 Å². The maximum absolute atomic E-state index is 13.1. The Labute approximate surface area is 607 Å². The van der Waals surface area contributed by atoms with E-state index in [2.05, 4.69) is 55.4 Å². The Balaban J connectivity index is 5.23. The molecule has 0 amide bonds. The molecule has 588 valence electrons. The van der Waals surface area contributed by atoms with Crippen LogP contribution in [0, 0.1) is 23.7 Å².